The van der Waals surface area contributed by atoms with Gasteiger partial charge in [0.15, 0.2) is 6.29 Å². The van der Waals surface area contributed by atoms with E-state index in [0.29, 0.717) is 17.0 Å². The molecule has 9 rings (SSSR count). The molecule has 0 unspecified atom stereocenters. The standard InChI is InChI=1S/C61H62N4O/c1-58(2,3)42-21-13-37(14-22-42)53-46-29-30-47(62-46)54(38-15-23-43(24-16-38)59(4,5)6)49-33-34-51(64-49)56(40-19-27-45(28-20-40)61(10,11)12)57-41(36-66)35-52(65-57)55(50-32-31-48(53)63-50)39-17-25-44(26-18-39)60(7,8)9/h13-36,63-64H,1-12H3. The van der Waals surface area contributed by atoms with Crippen molar-refractivity contribution < 1.29 is 4.79 Å². The maximum Gasteiger partial charge on any atom is 0.152 e. The number of H-pyrrole nitrogens is 2. The summed E-state index contributed by atoms with van der Waals surface area (Å²) in [6, 6.07) is 43.9. The monoisotopic (exact) mass is 866 g/mol. The Morgan fingerprint density at radius 2 is 0.652 bits per heavy atom. The minimum absolute atomic E-state index is 0.00162. The molecule has 0 spiro atoms. The Morgan fingerprint density at radius 1 is 0.364 bits per heavy atom. The van der Waals surface area contributed by atoms with Gasteiger partial charge in [-0.05, 0) is 109 Å². The minimum Gasteiger partial charge on any atom is -0.354 e. The molecule has 2 aliphatic heterocycles. The predicted molar refractivity (Wildman–Crippen MR) is 280 cm³/mol. The third kappa shape index (κ3) is 8.44. The van der Waals surface area contributed by atoms with E-state index in [2.05, 4.69) is 227 Å². The van der Waals surface area contributed by atoms with Crippen molar-refractivity contribution in [2.75, 3.05) is 0 Å². The van der Waals surface area contributed by atoms with E-state index in [0.717, 1.165) is 84.2 Å². The molecule has 7 aromatic rings. The largest absolute Gasteiger partial charge is 0.354 e. The van der Waals surface area contributed by atoms with Gasteiger partial charge < -0.3 is 9.97 Å². The predicted octanol–water partition coefficient (Wildman–Crippen LogP) is 16.1. The first-order valence-corrected chi connectivity index (χ1v) is 23.3. The summed E-state index contributed by atoms with van der Waals surface area (Å²) < 4.78 is 0. The first-order valence-electron chi connectivity index (χ1n) is 23.3. The summed E-state index contributed by atoms with van der Waals surface area (Å²) in [7, 11) is 0. The first kappa shape index (κ1) is 44.4. The van der Waals surface area contributed by atoms with Crippen LogP contribution in [0.3, 0.4) is 0 Å². The van der Waals surface area contributed by atoms with Gasteiger partial charge in [0.1, 0.15) is 0 Å². The zero-order chi connectivity index (χ0) is 46.9. The Kier molecular flexibility index (Phi) is 10.9. The lowest BCUT2D eigenvalue weighted by Crippen LogP contribution is -2.10. The van der Waals surface area contributed by atoms with Gasteiger partial charge >= 0.3 is 0 Å². The van der Waals surface area contributed by atoms with Crippen LogP contribution in [-0.2, 0) is 26.5 Å². The van der Waals surface area contributed by atoms with Crippen LogP contribution in [0.2, 0.25) is 0 Å². The molecular weight excluding hydrogens is 805 g/mol. The van der Waals surface area contributed by atoms with E-state index < -0.39 is 0 Å². The number of nitrogens with zero attached hydrogens (tertiary/aromatic N) is 2. The summed E-state index contributed by atoms with van der Waals surface area (Å²) in [5.74, 6) is 0. The Morgan fingerprint density at radius 3 is 0.955 bits per heavy atom. The molecule has 3 aromatic heterocycles. The van der Waals surface area contributed by atoms with Crippen molar-refractivity contribution in [1.29, 1.82) is 0 Å². The lowest BCUT2D eigenvalue weighted by molar-refractivity contribution is -0.103. The van der Waals surface area contributed by atoms with Crippen molar-refractivity contribution >= 4 is 52.2 Å². The Bertz CT molecular complexity index is 3230. The number of carbonyl (C=O) groups excluding carboxylic acids is 1. The van der Waals surface area contributed by atoms with Crippen LogP contribution in [0.4, 0.5) is 0 Å². The second kappa shape index (κ2) is 16.2. The molecule has 0 saturated carbocycles. The van der Waals surface area contributed by atoms with Gasteiger partial charge in [-0.25, -0.2) is 9.97 Å². The highest BCUT2D eigenvalue weighted by molar-refractivity contribution is 6.18. The van der Waals surface area contributed by atoms with Crippen LogP contribution in [0, 0.1) is 0 Å². The van der Waals surface area contributed by atoms with Crippen molar-refractivity contribution in [3.63, 3.8) is 0 Å². The molecule has 66 heavy (non-hydrogen) atoms. The number of aldehydes is 1. The Hall–Kier alpha value is -6.85. The Labute approximate surface area is 390 Å². The zero-order valence-electron chi connectivity index (χ0n) is 40.7. The number of hydrogen-bond acceptors (Lipinski definition) is 3. The van der Waals surface area contributed by atoms with Crippen molar-refractivity contribution in [2.45, 2.75) is 105 Å². The van der Waals surface area contributed by atoms with Gasteiger partial charge in [0.2, 0.25) is 0 Å². The average Bonchev–Trinajstić information content (AvgIpc) is 4.11. The second-order valence-electron chi connectivity index (χ2n) is 22.2. The van der Waals surface area contributed by atoms with Gasteiger partial charge in [0.25, 0.3) is 0 Å². The zero-order valence-corrected chi connectivity index (χ0v) is 40.7. The maximum atomic E-state index is 13.4. The number of aromatic amines is 2. The highest BCUT2D eigenvalue weighted by Gasteiger charge is 2.24. The highest BCUT2D eigenvalue weighted by Crippen LogP contribution is 2.41. The summed E-state index contributed by atoms with van der Waals surface area (Å²) >= 11 is 0. The molecule has 2 aliphatic rings. The summed E-state index contributed by atoms with van der Waals surface area (Å²) in [4.78, 5) is 32.2. The number of nitrogens with one attached hydrogen (secondary N) is 2. The molecule has 8 bridgehead atoms. The van der Waals surface area contributed by atoms with Crippen LogP contribution in [0.1, 0.15) is 128 Å². The molecule has 5 heteroatoms. The fourth-order valence-corrected chi connectivity index (χ4v) is 9.16. The molecule has 2 N–H and O–H groups in total. The molecule has 0 atom stereocenters. The third-order valence-corrected chi connectivity index (χ3v) is 13.2. The van der Waals surface area contributed by atoms with Crippen molar-refractivity contribution in [3.8, 4) is 44.5 Å². The molecule has 4 aromatic carbocycles. The van der Waals surface area contributed by atoms with Crippen molar-refractivity contribution in [3.05, 3.63) is 166 Å². The number of hydrogen-bond donors (Lipinski definition) is 2. The fraction of sp³-hybridized carbons (Fsp3) is 0.262. The third-order valence-electron chi connectivity index (χ3n) is 13.2. The molecule has 0 amide bonds. The second-order valence-corrected chi connectivity index (χ2v) is 22.2. The van der Waals surface area contributed by atoms with Gasteiger partial charge in [0.05, 0.1) is 22.8 Å². The quantitative estimate of drug-likeness (QED) is 0.169. The molecule has 332 valence electrons. The van der Waals surface area contributed by atoms with E-state index in [9.17, 15) is 4.79 Å². The molecule has 0 saturated heterocycles. The van der Waals surface area contributed by atoms with Crippen LogP contribution in [0.25, 0.3) is 90.4 Å². The molecule has 0 fully saturated rings. The van der Waals surface area contributed by atoms with E-state index in [1.165, 1.54) is 22.3 Å². The van der Waals surface area contributed by atoms with Crippen LogP contribution in [-0.4, -0.2) is 26.2 Å². The van der Waals surface area contributed by atoms with Gasteiger partial charge in [0, 0.05) is 49.9 Å². The summed E-state index contributed by atoms with van der Waals surface area (Å²) in [5, 5.41) is 0. The normalized spacial score (nSPS) is 13.2. The van der Waals surface area contributed by atoms with E-state index in [-0.39, 0.29) is 21.7 Å². The number of aromatic nitrogens is 4. The molecule has 0 aliphatic carbocycles. The number of carbonyl (C=O) groups is 1. The fourth-order valence-electron chi connectivity index (χ4n) is 9.16. The van der Waals surface area contributed by atoms with Crippen LogP contribution < -0.4 is 0 Å². The number of benzene rings is 4. The molecular formula is C61H62N4O. The minimum atomic E-state index is -0.0325. The van der Waals surface area contributed by atoms with E-state index >= 15 is 0 Å². The van der Waals surface area contributed by atoms with Gasteiger partial charge in [-0.1, -0.05) is 180 Å². The van der Waals surface area contributed by atoms with E-state index in [1.54, 1.807) is 0 Å². The smallest absolute Gasteiger partial charge is 0.152 e. The summed E-state index contributed by atoms with van der Waals surface area (Å²) in [6.45, 7) is 26.8. The average molecular weight is 867 g/mol. The Balaban J connectivity index is 1.45. The molecule has 5 heterocycles. The van der Waals surface area contributed by atoms with Crippen LogP contribution in [0.5, 0.6) is 0 Å². The summed E-state index contributed by atoms with van der Waals surface area (Å²) in [6.07, 6.45) is 7.20. The SMILES string of the molecule is CC(C)(C)c1ccc(-c2c3nc(c(-c4ccc(C(C)(C)C)cc4)c4ccc([nH]4)c(-c4ccc(C(C)(C)C)cc4)c4nc(c(-c5ccc(C(C)(C)C)cc5)c5ccc2[nH]5)C=C4C=O)C=C3)cc1. The highest BCUT2D eigenvalue weighted by atomic mass is 16.1. The number of rotatable bonds is 5. The summed E-state index contributed by atoms with van der Waals surface area (Å²) in [5.41, 5.74) is 19.9. The van der Waals surface area contributed by atoms with E-state index in [4.69, 9.17) is 9.97 Å². The first-order chi connectivity index (χ1) is 31.2. The van der Waals surface area contributed by atoms with Crippen LogP contribution in [0.15, 0.2) is 121 Å². The van der Waals surface area contributed by atoms with Crippen molar-refractivity contribution in [2.24, 2.45) is 0 Å². The maximum absolute atomic E-state index is 13.4. The number of fused-ring (bicyclic) bond motifs is 8. The van der Waals surface area contributed by atoms with Gasteiger partial charge in [-0.15, -0.1) is 0 Å². The molecule has 0 radical (unpaired) electrons. The van der Waals surface area contributed by atoms with Gasteiger partial charge in [-0.3, -0.25) is 4.79 Å². The van der Waals surface area contributed by atoms with Gasteiger partial charge in [-0.2, -0.15) is 0 Å². The van der Waals surface area contributed by atoms with E-state index in [1.807, 2.05) is 6.08 Å². The lowest BCUT2D eigenvalue weighted by atomic mass is 9.86. The van der Waals surface area contributed by atoms with Crippen LogP contribution >= 0.6 is 0 Å². The number of allylic oxidation sites excluding steroid dienone is 1. The van der Waals surface area contributed by atoms with Crippen molar-refractivity contribution in [1.82, 2.24) is 19.9 Å². The topological polar surface area (TPSA) is 74.4 Å². The lowest BCUT2D eigenvalue weighted by Gasteiger charge is -2.19. The molecule has 5 nitrogen and oxygen atoms in total.